The van der Waals surface area contributed by atoms with Crippen LogP contribution in [0.3, 0.4) is 0 Å². The molecule has 0 heterocycles. The molecule has 0 N–H and O–H groups in total. The first-order chi connectivity index (χ1) is 9.83. The number of amides is 1. The number of rotatable bonds is 7. The van der Waals surface area contributed by atoms with Gasteiger partial charge >= 0.3 is 0 Å². The average molecular weight is 296 g/mol. The molecule has 0 unspecified atom stereocenters. The zero-order chi connectivity index (χ0) is 16.0. The van der Waals surface area contributed by atoms with Crippen LogP contribution < -0.4 is 0 Å². The summed E-state index contributed by atoms with van der Waals surface area (Å²) in [6, 6.07) is 3.47. The van der Waals surface area contributed by atoms with Gasteiger partial charge in [-0.2, -0.15) is 0 Å². The highest BCUT2D eigenvalue weighted by Gasteiger charge is 2.15. The predicted molar refractivity (Wildman–Crippen MR) is 79.8 cm³/mol. The van der Waals surface area contributed by atoms with Gasteiger partial charge in [0, 0.05) is 31.3 Å². The van der Waals surface area contributed by atoms with Gasteiger partial charge in [-0.05, 0) is 27.0 Å². The fraction of sp³-hybridized carbons (Fsp3) is 0.438. The maximum absolute atomic E-state index is 13.6. The molecule has 116 valence electrons. The van der Waals surface area contributed by atoms with E-state index < -0.39 is 11.6 Å². The fourth-order valence-corrected chi connectivity index (χ4v) is 2.03. The van der Waals surface area contributed by atoms with Gasteiger partial charge in [0.1, 0.15) is 11.6 Å². The third kappa shape index (κ3) is 5.63. The lowest BCUT2D eigenvalue weighted by Gasteiger charge is -2.24. The maximum Gasteiger partial charge on any atom is 0.237 e. The predicted octanol–water partition coefficient (Wildman–Crippen LogP) is 2.82. The van der Waals surface area contributed by atoms with Crippen LogP contribution >= 0.6 is 0 Å². The molecule has 0 aromatic heterocycles. The zero-order valence-corrected chi connectivity index (χ0v) is 12.8. The first-order valence-electron chi connectivity index (χ1n) is 6.88. The minimum Gasteiger partial charge on any atom is -0.338 e. The molecule has 0 bridgehead atoms. The van der Waals surface area contributed by atoms with Gasteiger partial charge in [0.05, 0.1) is 6.54 Å². The Morgan fingerprint density at radius 1 is 1.29 bits per heavy atom. The number of hydrogen-bond acceptors (Lipinski definition) is 2. The summed E-state index contributed by atoms with van der Waals surface area (Å²) in [6.45, 7) is 9.13. The van der Waals surface area contributed by atoms with Crippen LogP contribution in [0.4, 0.5) is 8.78 Å². The first-order valence-corrected chi connectivity index (χ1v) is 6.88. The van der Waals surface area contributed by atoms with Gasteiger partial charge in [-0.15, -0.1) is 0 Å². The van der Waals surface area contributed by atoms with Crippen molar-refractivity contribution in [3.8, 4) is 0 Å². The van der Waals surface area contributed by atoms with Gasteiger partial charge in [-0.3, -0.25) is 9.69 Å². The molecule has 0 spiro atoms. The van der Waals surface area contributed by atoms with Gasteiger partial charge in [0.25, 0.3) is 0 Å². The van der Waals surface area contributed by atoms with Crippen LogP contribution in [0.2, 0.25) is 0 Å². The molecular formula is C16H22F2N2O. The smallest absolute Gasteiger partial charge is 0.237 e. The molecular weight excluding hydrogens is 274 g/mol. The normalized spacial score (nSPS) is 10.8. The van der Waals surface area contributed by atoms with Crippen LogP contribution in [0.5, 0.6) is 0 Å². The summed E-state index contributed by atoms with van der Waals surface area (Å²) >= 11 is 0. The first kappa shape index (κ1) is 17.3. The molecule has 1 aromatic rings. The van der Waals surface area contributed by atoms with E-state index in [0.29, 0.717) is 18.7 Å². The lowest BCUT2D eigenvalue weighted by molar-refractivity contribution is -0.131. The summed E-state index contributed by atoms with van der Waals surface area (Å²) in [5.74, 6) is -1.23. The van der Waals surface area contributed by atoms with Crippen LogP contribution in [0.25, 0.3) is 0 Å². The molecule has 21 heavy (non-hydrogen) atoms. The quantitative estimate of drug-likeness (QED) is 0.722. The van der Waals surface area contributed by atoms with E-state index in [1.54, 1.807) is 16.8 Å². The Kier molecular flexibility index (Phi) is 6.49. The van der Waals surface area contributed by atoms with E-state index in [4.69, 9.17) is 0 Å². The molecule has 0 aliphatic heterocycles. The van der Waals surface area contributed by atoms with Crippen LogP contribution in [0.15, 0.2) is 30.4 Å². The monoisotopic (exact) mass is 296 g/mol. The topological polar surface area (TPSA) is 23.6 Å². The lowest BCUT2D eigenvalue weighted by atomic mass is 10.2. The highest BCUT2D eigenvalue weighted by atomic mass is 19.1. The molecule has 0 atom stereocenters. The van der Waals surface area contributed by atoms with E-state index in [-0.39, 0.29) is 19.0 Å². The Hall–Kier alpha value is -1.75. The van der Waals surface area contributed by atoms with E-state index in [0.717, 1.165) is 11.6 Å². The van der Waals surface area contributed by atoms with Gasteiger partial charge in [0.2, 0.25) is 5.91 Å². The Morgan fingerprint density at radius 3 is 2.48 bits per heavy atom. The van der Waals surface area contributed by atoms with Gasteiger partial charge < -0.3 is 4.90 Å². The van der Waals surface area contributed by atoms with Crippen molar-refractivity contribution in [3.63, 3.8) is 0 Å². The van der Waals surface area contributed by atoms with Crippen molar-refractivity contribution in [1.82, 2.24) is 9.80 Å². The van der Waals surface area contributed by atoms with Crippen LogP contribution in [-0.4, -0.2) is 42.4 Å². The molecule has 0 saturated carbocycles. The largest absolute Gasteiger partial charge is 0.338 e. The van der Waals surface area contributed by atoms with Crippen LogP contribution in [0.1, 0.15) is 19.4 Å². The molecule has 1 rings (SSSR count). The second kappa shape index (κ2) is 7.88. The van der Waals surface area contributed by atoms with Crippen LogP contribution in [-0.2, 0) is 11.3 Å². The summed E-state index contributed by atoms with van der Waals surface area (Å²) in [5, 5.41) is 0. The molecule has 1 aromatic carbocycles. The van der Waals surface area contributed by atoms with Gasteiger partial charge in [-0.1, -0.05) is 18.2 Å². The third-order valence-electron chi connectivity index (χ3n) is 3.06. The number of halogens is 2. The number of carbonyl (C=O) groups excluding carboxylic acids is 1. The van der Waals surface area contributed by atoms with Crippen LogP contribution in [0, 0.1) is 11.6 Å². The van der Waals surface area contributed by atoms with E-state index in [9.17, 15) is 13.6 Å². The van der Waals surface area contributed by atoms with Gasteiger partial charge in [0.15, 0.2) is 0 Å². The van der Waals surface area contributed by atoms with Crippen molar-refractivity contribution >= 4 is 5.91 Å². The molecule has 5 heteroatoms. The van der Waals surface area contributed by atoms with Crippen molar-refractivity contribution in [2.24, 2.45) is 0 Å². The Balaban J connectivity index is 2.61. The zero-order valence-electron chi connectivity index (χ0n) is 12.8. The molecule has 0 aliphatic rings. The van der Waals surface area contributed by atoms with Crippen molar-refractivity contribution < 1.29 is 13.6 Å². The summed E-state index contributed by atoms with van der Waals surface area (Å²) in [6.07, 6.45) is 0. The molecule has 0 fully saturated rings. The minimum atomic E-state index is -0.603. The number of benzene rings is 1. The molecule has 1 amide bonds. The van der Waals surface area contributed by atoms with Crippen molar-refractivity contribution in [2.75, 3.05) is 26.7 Å². The summed E-state index contributed by atoms with van der Waals surface area (Å²) in [5.41, 5.74) is 1.28. The van der Waals surface area contributed by atoms with E-state index in [1.807, 2.05) is 13.8 Å². The summed E-state index contributed by atoms with van der Waals surface area (Å²) in [7, 11) is 1.73. The Bertz CT molecular complexity index is 517. The van der Waals surface area contributed by atoms with E-state index in [1.165, 1.54) is 12.1 Å². The third-order valence-corrected chi connectivity index (χ3v) is 3.06. The second-order valence-electron chi connectivity index (χ2n) is 5.27. The Morgan fingerprint density at radius 2 is 1.95 bits per heavy atom. The SMILES string of the molecule is C=C(C)CN(CC)C(=O)CN(C)Cc1ccc(F)cc1F. The second-order valence-corrected chi connectivity index (χ2v) is 5.27. The molecule has 0 saturated heterocycles. The van der Waals surface area contributed by atoms with E-state index in [2.05, 4.69) is 6.58 Å². The maximum atomic E-state index is 13.6. The molecule has 3 nitrogen and oxygen atoms in total. The fourth-order valence-electron chi connectivity index (χ4n) is 2.03. The van der Waals surface area contributed by atoms with E-state index >= 15 is 0 Å². The van der Waals surface area contributed by atoms with Crippen molar-refractivity contribution in [3.05, 3.63) is 47.5 Å². The summed E-state index contributed by atoms with van der Waals surface area (Å²) in [4.78, 5) is 15.5. The lowest BCUT2D eigenvalue weighted by Crippen LogP contribution is -2.39. The molecule has 0 aliphatic carbocycles. The number of carbonyl (C=O) groups is 1. The number of likely N-dealkylation sites (N-methyl/N-ethyl adjacent to an activating group) is 2. The standard InChI is InChI=1S/C16H22F2N2O/c1-5-20(9-12(2)3)16(21)11-19(4)10-13-6-7-14(17)8-15(13)18/h6-8H,2,5,9-11H2,1,3-4H3. The average Bonchev–Trinajstić information content (AvgIpc) is 2.38. The molecule has 0 radical (unpaired) electrons. The highest BCUT2D eigenvalue weighted by Crippen LogP contribution is 2.11. The Labute approximate surface area is 124 Å². The minimum absolute atomic E-state index is 0.0366. The van der Waals surface area contributed by atoms with Gasteiger partial charge in [-0.25, -0.2) is 8.78 Å². The summed E-state index contributed by atoms with van der Waals surface area (Å²) < 4.78 is 26.4. The van der Waals surface area contributed by atoms with Crippen molar-refractivity contribution in [2.45, 2.75) is 20.4 Å². The number of nitrogens with zero attached hydrogens (tertiary/aromatic N) is 2. The van der Waals surface area contributed by atoms with Crippen molar-refractivity contribution in [1.29, 1.82) is 0 Å². The highest BCUT2D eigenvalue weighted by molar-refractivity contribution is 5.78. The number of hydrogen-bond donors (Lipinski definition) is 0.